The molecule has 1 aromatic rings. The molecule has 1 aliphatic rings. The molecule has 19 heavy (non-hydrogen) atoms. The fourth-order valence-corrected chi connectivity index (χ4v) is 2.56. The molecule has 5 heteroatoms. The predicted molar refractivity (Wildman–Crippen MR) is 75.9 cm³/mol. The molecule has 0 spiro atoms. The average Bonchev–Trinajstić information content (AvgIpc) is 2.63. The maximum Gasteiger partial charge on any atom is 0.254 e. The predicted octanol–water partition coefficient (Wildman–Crippen LogP) is 1.22. The van der Waals surface area contributed by atoms with E-state index in [-0.39, 0.29) is 5.91 Å². The number of anilines is 1. The number of amides is 1. The Morgan fingerprint density at radius 2 is 2.21 bits per heavy atom. The number of nitrogens with zero attached hydrogens (tertiary/aromatic N) is 3. The molecular weight excluding hydrogens is 240 g/mol. The first-order chi connectivity index (χ1) is 9.08. The van der Waals surface area contributed by atoms with Crippen molar-refractivity contribution < 1.29 is 4.79 Å². The molecule has 1 fully saturated rings. The molecular formula is C14H22N4O. The highest BCUT2D eigenvalue weighted by atomic mass is 16.2. The van der Waals surface area contributed by atoms with E-state index in [9.17, 15) is 4.79 Å². The number of hydrogen-bond acceptors (Lipinski definition) is 4. The lowest BCUT2D eigenvalue weighted by Crippen LogP contribution is -2.33. The maximum atomic E-state index is 12.4. The van der Waals surface area contributed by atoms with Gasteiger partial charge in [-0.3, -0.25) is 4.79 Å². The number of pyridine rings is 1. The van der Waals surface area contributed by atoms with Crippen LogP contribution in [0.4, 0.5) is 5.82 Å². The first-order valence-electron chi connectivity index (χ1n) is 6.75. The van der Waals surface area contributed by atoms with Gasteiger partial charge in [0.1, 0.15) is 5.82 Å². The summed E-state index contributed by atoms with van der Waals surface area (Å²) in [5, 5.41) is 0. The minimum absolute atomic E-state index is 0.0634. The SMILES string of the molecule is CN(C)[C@H]1CCCN(C(=O)c2ccnc(N)c2)CC1. The van der Waals surface area contributed by atoms with Gasteiger partial charge in [-0.05, 0) is 45.5 Å². The van der Waals surface area contributed by atoms with Crippen LogP contribution in [0, 0.1) is 0 Å². The van der Waals surface area contributed by atoms with Crippen LogP contribution < -0.4 is 5.73 Å². The van der Waals surface area contributed by atoms with Gasteiger partial charge < -0.3 is 15.5 Å². The average molecular weight is 262 g/mol. The molecule has 2 heterocycles. The van der Waals surface area contributed by atoms with Crippen molar-refractivity contribution in [2.45, 2.75) is 25.3 Å². The van der Waals surface area contributed by atoms with E-state index in [1.54, 1.807) is 18.3 Å². The number of likely N-dealkylation sites (tertiary alicyclic amines) is 1. The molecule has 1 atom stereocenters. The largest absolute Gasteiger partial charge is 0.384 e. The Kier molecular flexibility index (Phi) is 4.37. The van der Waals surface area contributed by atoms with Gasteiger partial charge in [0.15, 0.2) is 0 Å². The van der Waals surface area contributed by atoms with Gasteiger partial charge in [0.2, 0.25) is 0 Å². The second kappa shape index (κ2) is 6.02. The van der Waals surface area contributed by atoms with E-state index < -0.39 is 0 Å². The second-order valence-electron chi connectivity index (χ2n) is 5.31. The molecule has 0 unspecified atom stereocenters. The van der Waals surface area contributed by atoms with Crippen LogP contribution in [0.1, 0.15) is 29.6 Å². The molecule has 2 rings (SSSR count). The summed E-state index contributed by atoms with van der Waals surface area (Å²) in [4.78, 5) is 20.5. The number of nitrogens with two attached hydrogens (primary N) is 1. The Labute approximate surface area is 114 Å². The number of nitrogen functional groups attached to an aromatic ring is 1. The summed E-state index contributed by atoms with van der Waals surface area (Å²) in [6.07, 6.45) is 4.81. The quantitative estimate of drug-likeness (QED) is 0.870. The molecule has 0 saturated carbocycles. The van der Waals surface area contributed by atoms with Crippen molar-refractivity contribution >= 4 is 11.7 Å². The van der Waals surface area contributed by atoms with E-state index in [1.165, 1.54) is 0 Å². The summed E-state index contributed by atoms with van der Waals surface area (Å²) >= 11 is 0. The van der Waals surface area contributed by atoms with Crippen molar-refractivity contribution in [3.8, 4) is 0 Å². The minimum Gasteiger partial charge on any atom is -0.384 e. The van der Waals surface area contributed by atoms with E-state index in [0.717, 1.165) is 32.4 Å². The monoisotopic (exact) mass is 262 g/mol. The summed E-state index contributed by atoms with van der Waals surface area (Å²) in [5.74, 6) is 0.459. The topological polar surface area (TPSA) is 62.5 Å². The third-order valence-corrected chi connectivity index (χ3v) is 3.74. The highest BCUT2D eigenvalue weighted by Crippen LogP contribution is 2.17. The fraction of sp³-hybridized carbons (Fsp3) is 0.571. The van der Waals surface area contributed by atoms with Crippen molar-refractivity contribution in [2.75, 3.05) is 32.9 Å². The van der Waals surface area contributed by atoms with E-state index >= 15 is 0 Å². The molecule has 1 amide bonds. The Bertz CT molecular complexity index is 447. The smallest absolute Gasteiger partial charge is 0.254 e. The summed E-state index contributed by atoms with van der Waals surface area (Å²) in [6, 6.07) is 3.95. The Morgan fingerprint density at radius 3 is 2.89 bits per heavy atom. The maximum absolute atomic E-state index is 12.4. The van der Waals surface area contributed by atoms with Crippen LogP contribution in [0.15, 0.2) is 18.3 Å². The third-order valence-electron chi connectivity index (χ3n) is 3.74. The molecule has 104 valence electrons. The molecule has 0 bridgehead atoms. The number of carbonyl (C=O) groups excluding carboxylic acids is 1. The van der Waals surface area contributed by atoms with Crippen LogP contribution in [-0.4, -0.2) is 53.9 Å². The second-order valence-corrected chi connectivity index (χ2v) is 5.31. The number of hydrogen-bond donors (Lipinski definition) is 1. The van der Waals surface area contributed by atoms with Gasteiger partial charge in [0.05, 0.1) is 0 Å². The van der Waals surface area contributed by atoms with E-state index in [0.29, 0.717) is 17.4 Å². The lowest BCUT2D eigenvalue weighted by molar-refractivity contribution is 0.0758. The van der Waals surface area contributed by atoms with Gasteiger partial charge in [-0.25, -0.2) is 4.98 Å². The van der Waals surface area contributed by atoms with Crippen molar-refractivity contribution in [3.05, 3.63) is 23.9 Å². The normalized spacial score (nSPS) is 20.4. The summed E-state index contributed by atoms with van der Waals surface area (Å²) in [5.41, 5.74) is 6.27. The number of carbonyl (C=O) groups is 1. The lowest BCUT2D eigenvalue weighted by Gasteiger charge is -2.23. The zero-order valence-corrected chi connectivity index (χ0v) is 11.7. The summed E-state index contributed by atoms with van der Waals surface area (Å²) in [6.45, 7) is 1.63. The highest BCUT2D eigenvalue weighted by molar-refractivity contribution is 5.94. The zero-order valence-electron chi connectivity index (χ0n) is 11.7. The first kappa shape index (κ1) is 13.8. The van der Waals surface area contributed by atoms with Crippen molar-refractivity contribution in [3.63, 3.8) is 0 Å². The Hall–Kier alpha value is -1.62. The molecule has 1 aliphatic heterocycles. The molecule has 0 radical (unpaired) electrons. The van der Waals surface area contributed by atoms with Crippen LogP contribution in [0.2, 0.25) is 0 Å². The van der Waals surface area contributed by atoms with Crippen molar-refractivity contribution in [1.29, 1.82) is 0 Å². The number of rotatable bonds is 2. The summed E-state index contributed by atoms with van der Waals surface area (Å²) < 4.78 is 0. The summed E-state index contributed by atoms with van der Waals surface area (Å²) in [7, 11) is 4.21. The van der Waals surface area contributed by atoms with Gasteiger partial charge in [-0.15, -0.1) is 0 Å². The third kappa shape index (κ3) is 3.44. The Morgan fingerprint density at radius 1 is 1.42 bits per heavy atom. The van der Waals surface area contributed by atoms with Crippen LogP contribution in [0.25, 0.3) is 0 Å². The molecule has 1 aromatic heterocycles. The van der Waals surface area contributed by atoms with Crippen LogP contribution in [0.3, 0.4) is 0 Å². The van der Waals surface area contributed by atoms with Gasteiger partial charge in [-0.1, -0.05) is 0 Å². The number of aromatic nitrogens is 1. The van der Waals surface area contributed by atoms with Crippen molar-refractivity contribution in [1.82, 2.24) is 14.8 Å². The van der Waals surface area contributed by atoms with E-state index in [2.05, 4.69) is 24.0 Å². The lowest BCUT2D eigenvalue weighted by atomic mass is 10.1. The standard InChI is InChI=1S/C14H22N4O/c1-17(2)12-4-3-8-18(9-6-12)14(19)11-5-7-16-13(15)10-11/h5,7,10,12H,3-4,6,8-9H2,1-2H3,(H2,15,16)/t12-/m0/s1. The fourth-order valence-electron chi connectivity index (χ4n) is 2.56. The minimum atomic E-state index is 0.0634. The Balaban J connectivity index is 2.04. The molecule has 0 aliphatic carbocycles. The molecule has 2 N–H and O–H groups in total. The van der Waals surface area contributed by atoms with Crippen molar-refractivity contribution in [2.24, 2.45) is 0 Å². The van der Waals surface area contributed by atoms with E-state index in [1.807, 2.05) is 4.90 Å². The van der Waals surface area contributed by atoms with Gasteiger partial charge in [0, 0.05) is 30.9 Å². The highest BCUT2D eigenvalue weighted by Gasteiger charge is 2.22. The molecule has 0 aromatic carbocycles. The van der Waals surface area contributed by atoms with Gasteiger partial charge in [-0.2, -0.15) is 0 Å². The molecule has 5 nitrogen and oxygen atoms in total. The van der Waals surface area contributed by atoms with Crippen LogP contribution in [0.5, 0.6) is 0 Å². The van der Waals surface area contributed by atoms with Crippen LogP contribution >= 0.6 is 0 Å². The van der Waals surface area contributed by atoms with Gasteiger partial charge in [0.25, 0.3) is 5.91 Å². The first-order valence-corrected chi connectivity index (χ1v) is 6.75. The van der Waals surface area contributed by atoms with Gasteiger partial charge >= 0.3 is 0 Å². The van der Waals surface area contributed by atoms with E-state index in [4.69, 9.17) is 5.73 Å². The zero-order chi connectivity index (χ0) is 13.8. The molecule has 1 saturated heterocycles. The van der Waals surface area contributed by atoms with Crippen LogP contribution in [-0.2, 0) is 0 Å².